The molecule has 2 atom stereocenters. The smallest absolute Gasteiger partial charge is 0.254 e. The highest BCUT2D eigenvalue weighted by atomic mass is 19.1. The first-order valence-electron chi connectivity index (χ1n) is 10.5. The third-order valence-electron chi connectivity index (χ3n) is 4.82. The fraction of sp³-hybridized carbons (Fsp3) is 0.682. The minimum absolute atomic E-state index is 0.177. The maximum Gasteiger partial charge on any atom is 0.254 e. The molecule has 0 aliphatic carbocycles. The van der Waals surface area contributed by atoms with Gasteiger partial charge in [0, 0.05) is 52.0 Å². The highest BCUT2D eigenvalue weighted by Crippen LogP contribution is 2.12. The van der Waals surface area contributed by atoms with E-state index in [4.69, 9.17) is 14.2 Å². The van der Waals surface area contributed by atoms with Crippen LogP contribution in [0.1, 0.15) is 24.2 Å². The quantitative estimate of drug-likeness (QED) is 0.548. The molecule has 30 heavy (non-hydrogen) atoms. The van der Waals surface area contributed by atoms with Crippen molar-refractivity contribution >= 4 is 5.91 Å². The second-order valence-electron chi connectivity index (χ2n) is 8.09. The van der Waals surface area contributed by atoms with Crippen molar-refractivity contribution in [3.63, 3.8) is 0 Å². The van der Waals surface area contributed by atoms with Gasteiger partial charge in [-0.2, -0.15) is 0 Å². The molecule has 1 heterocycles. The molecule has 2 unspecified atom stereocenters. The molecule has 1 aliphatic rings. The summed E-state index contributed by atoms with van der Waals surface area (Å²) in [6.07, 6.45) is -0.739. The zero-order valence-corrected chi connectivity index (χ0v) is 18.3. The van der Waals surface area contributed by atoms with Gasteiger partial charge in [0.05, 0.1) is 32.0 Å². The van der Waals surface area contributed by atoms with Crippen LogP contribution in [0.5, 0.6) is 0 Å². The molecule has 0 bridgehead atoms. The first-order chi connectivity index (χ1) is 14.4. The fourth-order valence-electron chi connectivity index (χ4n) is 3.35. The Bertz CT molecular complexity index is 628. The Balaban J connectivity index is 1.89. The Morgan fingerprint density at radius 3 is 2.73 bits per heavy atom. The van der Waals surface area contributed by atoms with Crippen LogP contribution in [0.25, 0.3) is 0 Å². The minimum Gasteiger partial charge on any atom is -0.389 e. The predicted octanol–water partition coefficient (Wildman–Crippen LogP) is 1.65. The molecule has 1 fully saturated rings. The SMILES string of the molecule is COCCN(CC1CN(CC(O)COCC(C)C)CCO1)C(=O)c1ccc(F)cc1. The Kier molecular flexibility index (Phi) is 10.7. The lowest BCUT2D eigenvalue weighted by Gasteiger charge is -2.36. The van der Waals surface area contributed by atoms with Crippen molar-refractivity contribution in [3.8, 4) is 0 Å². The molecular formula is C22H35FN2O5. The average Bonchev–Trinajstić information content (AvgIpc) is 2.71. The highest BCUT2D eigenvalue weighted by Gasteiger charge is 2.26. The third-order valence-corrected chi connectivity index (χ3v) is 4.82. The number of halogens is 1. The van der Waals surface area contributed by atoms with Gasteiger partial charge in [0.2, 0.25) is 0 Å². The van der Waals surface area contributed by atoms with E-state index in [1.54, 1.807) is 12.0 Å². The second kappa shape index (κ2) is 13.0. The standard InChI is InChI=1S/C22H35FN2O5/c1-17(2)15-29-16-20(26)12-24-8-11-30-21(13-24)14-25(9-10-28-3)22(27)18-4-6-19(23)7-5-18/h4-7,17,20-21,26H,8-16H2,1-3H3. The number of hydrogen-bond acceptors (Lipinski definition) is 6. The summed E-state index contributed by atoms with van der Waals surface area (Å²) in [5.74, 6) is -0.131. The average molecular weight is 427 g/mol. The summed E-state index contributed by atoms with van der Waals surface area (Å²) >= 11 is 0. The number of ether oxygens (including phenoxy) is 3. The molecule has 0 radical (unpaired) electrons. The summed E-state index contributed by atoms with van der Waals surface area (Å²) in [5.41, 5.74) is 0.429. The lowest BCUT2D eigenvalue weighted by Crippen LogP contribution is -2.51. The van der Waals surface area contributed by atoms with E-state index in [1.807, 2.05) is 0 Å². The van der Waals surface area contributed by atoms with Gasteiger partial charge in [-0.25, -0.2) is 4.39 Å². The fourth-order valence-corrected chi connectivity index (χ4v) is 3.35. The van der Waals surface area contributed by atoms with Gasteiger partial charge >= 0.3 is 0 Å². The van der Waals surface area contributed by atoms with Crippen molar-refractivity contribution in [1.82, 2.24) is 9.80 Å². The van der Waals surface area contributed by atoms with Crippen LogP contribution in [0.15, 0.2) is 24.3 Å². The molecule has 0 spiro atoms. The number of nitrogens with zero attached hydrogens (tertiary/aromatic N) is 2. The zero-order valence-electron chi connectivity index (χ0n) is 18.3. The van der Waals surface area contributed by atoms with Crippen LogP contribution < -0.4 is 0 Å². The largest absolute Gasteiger partial charge is 0.389 e. The van der Waals surface area contributed by atoms with Gasteiger partial charge in [0.15, 0.2) is 0 Å². The van der Waals surface area contributed by atoms with Crippen LogP contribution >= 0.6 is 0 Å². The van der Waals surface area contributed by atoms with Gasteiger partial charge in [0.1, 0.15) is 5.82 Å². The second-order valence-corrected chi connectivity index (χ2v) is 8.09. The topological polar surface area (TPSA) is 71.5 Å². The van der Waals surface area contributed by atoms with Gasteiger partial charge in [-0.15, -0.1) is 0 Å². The van der Waals surface area contributed by atoms with E-state index >= 15 is 0 Å². The predicted molar refractivity (Wildman–Crippen MR) is 112 cm³/mol. The number of aliphatic hydroxyl groups excluding tert-OH is 1. The number of aliphatic hydroxyl groups is 1. The van der Waals surface area contributed by atoms with E-state index in [2.05, 4.69) is 18.7 Å². The highest BCUT2D eigenvalue weighted by molar-refractivity contribution is 5.94. The van der Waals surface area contributed by atoms with Crippen molar-refractivity contribution in [1.29, 1.82) is 0 Å². The van der Waals surface area contributed by atoms with Crippen LogP contribution in [0.3, 0.4) is 0 Å². The lowest BCUT2D eigenvalue weighted by molar-refractivity contribution is -0.0605. The molecule has 0 saturated carbocycles. The number of amides is 1. The van der Waals surface area contributed by atoms with E-state index in [-0.39, 0.29) is 17.8 Å². The van der Waals surface area contributed by atoms with Gasteiger partial charge < -0.3 is 24.2 Å². The third kappa shape index (κ3) is 8.65. The lowest BCUT2D eigenvalue weighted by atomic mass is 10.1. The van der Waals surface area contributed by atoms with E-state index in [0.29, 0.717) is 64.1 Å². The van der Waals surface area contributed by atoms with Crippen LogP contribution in [-0.2, 0) is 14.2 Å². The molecule has 1 aromatic carbocycles. The number of carbonyl (C=O) groups excluding carboxylic acids is 1. The number of hydrogen-bond donors (Lipinski definition) is 1. The van der Waals surface area contributed by atoms with Crippen LogP contribution in [0, 0.1) is 11.7 Å². The summed E-state index contributed by atoms with van der Waals surface area (Å²) in [5, 5.41) is 10.2. The number of rotatable bonds is 12. The molecule has 7 nitrogen and oxygen atoms in total. The molecule has 0 aromatic heterocycles. The number of carbonyl (C=O) groups is 1. The Morgan fingerprint density at radius 2 is 2.07 bits per heavy atom. The van der Waals surface area contributed by atoms with Crippen LogP contribution in [0.2, 0.25) is 0 Å². The Morgan fingerprint density at radius 1 is 1.33 bits per heavy atom. The monoisotopic (exact) mass is 426 g/mol. The van der Waals surface area contributed by atoms with Crippen molar-refractivity contribution in [3.05, 3.63) is 35.6 Å². The van der Waals surface area contributed by atoms with Crippen molar-refractivity contribution in [2.45, 2.75) is 26.1 Å². The van der Waals surface area contributed by atoms with Crippen molar-refractivity contribution in [2.75, 3.05) is 66.3 Å². The normalized spacial score (nSPS) is 18.5. The van der Waals surface area contributed by atoms with E-state index in [9.17, 15) is 14.3 Å². The summed E-state index contributed by atoms with van der Waals surface area (Å²) < 4.78 is 29.7. The van der Waals surface area contributed by atoms with Crippen molar-refractivity contribution < 1.29 is 28.5 Å². The minimum atomic E-state index is -0.562. The Hall–Kier alpha value is -1.58. The molecule has 170 valence electrons. The summed E-state index contributed by atoms with van der Waals surface area (Å²) in [7, 11) is 1.59. The summed E-state index contributed by atoms with van der Waals surface area (Å²) in [6, 6.07) is 5.53. The molecule has 1 aliphatic heterocycles. The van der Waals surface area contributed by atoms with Crippen molar-refractivity contribution in [2.24, 2.45) is 5.92 Å². The maximum atomic E-state index is 13.2. The first kappa shape index (κ1) is 24.7. The Labute approximate surface area is 178 Å². The molecule has 1 saturated heterocycles. The van der Waals surface area contributed by atoms with Gasteiger partial charge in [-0.3, -0.25) is 9.69 Å². The van der Waals surface area contributed by atoms with E-state index in [1.165, 1.54) is 24.3 Å². The molecular weight excluding hydrogens is 391 g/mol. The van der Waals surface area contributed by atoms with Crippen LogP contribution in [0.4, 0.5) is 4.39 Å². The molecule has 8 heteroatoms. The van der Waals surface area contributed by atoms with E-state index in [0.717, 1.165) is 6.54 Å². The number of methoxy groups -OCH3 is 1. The maximum absolute atomic E-state index is 13.2. The van der Waals surface area contributed by atoms with Gasteiger partial charge in [-0.05, 0) is 30.2 Å². The summed E-state index contributed by atoms with van der Waals surface area (Å²) in [4.78, 5) is 16.7. The molecule has 2 rings (SSSR count). The molecule has 1 N–H and O–H groups in total. The first-order valence-corrected chi connectivity index (χ1v) is 10.5. The summed E-state index contributed by atoms with van der Waals surface area (Å²) in [6.45, 7) is 8.66. The van der Waals surface area contributed by atoms with Crippen LogP contribution in [-0.4, -0.2) is 99.3 Å². The molecule has 1 aromatic rings. The molecule has 1 amide bonds. The van der Waals surface area contributed by atoms with E-state index < -0.39 is 6.10 Å². The number of β-amino-alcohol motifs (C(OH)–C–C–N with tert-alkyl or cyclic N) is 1. The van der Waals surface area contributed by atoms with Gasteiger partial charge in [0.25, 0.3) is 5.91 Å². The van der Waals surface area contributed by atoms with Gasteiger partial charge in [-0.1, -0.05) is 13.8 Å². The zero-order chi connectivity index (χ0) is 21.9. The number of morpholine rings is 1. The number of benzene rings is 1.